The zero-order chi connectivity index (χ0) is 14.0. The quantitative estimate of drug-likeness (QED) is 0.593. The number of alkyl halides is 1. The lowest BCUT2D eigenvalue weighted by molar-refractivity contribution is -0.0982. The Morgan fingerprint density at radius 3 is 2.56 bits per heavy atom. The van der Waals surface area contributed by atoms with Gasteiger partial charge in [-0.1, -0.05) is 15.9 Å². The van der Waals surface area contributed by atoms with Gasteiger partial charge in [-0.15, -0.1) is 0 Å². The molecule has 0 aliphatic carbocycles. The Balaban J connectivity index is 2.72. The van der Waals surface area contributed by atoms with E-state index in [1.165, 1.54) is 0 Å². The maximum Gasteiger partial charge on any atom is 0.494 e. The van der Waals surface area contributed by atoms with Gasteiger partial charge in [0.2, 0.25) is 0 Å². The first-order valence-electron chi connectivity index (χ1n) is 5.84. The second-order valence-electron chi connectivity index (χ2n) is 5.27. The van der Waals surface area contributed by atoms with Gasteiger partial charge in [-0.05, 0) is 27.7 Å². The molecule has 102 valence electrons. The fourth-order valence-electron chi connectivity index (χ4n) is 1.21. The fourth-order valence-corrected chi connectivity index (χ4v) is 1.57. The number of hydrogen-bond acceptors (Lipinski definition) is 4. The van der Waals surface area contributed by atoms with E-state index < -0.39 is 18.3 Å². The van der Waals surface area contributed by atoms with E-state index in [4.69, 9.17) is 4.65 Å². The molecule has 0 fully saturated rings. The average Bonchev–Trinajstić information content (AvgIpc) is 2.64. The molecule has 18 heavy (non-hydrogen) atoms. The standard InChI is InChI=1S/C11H20BBrN2O3/c1-10(2,16)11(3,4)18-12(17)9-7-14-15(8-9)6-5-13/h7-8,16-17H,5-6H2,1-4H3. The molecule has 2 N–H and O–H groups in total. The van der Waals surface area contributed by atoms with Crippen LogP contribution < -0.4 is 5.46 Å². The molecule has 0 aromatic carbocycles. The first kappa shape index (κ1) is 15.7. The first-order valence-corrected chi connectivity index (χ1v) is 6.96. The van der Waals surface area contributed by atoms with Crippen molar-refractivity contribution in [3.05, 3.63) is 12.4 Å². The molecule has 7 heteroatoms. The van der Waals surface area contributed by atoms with Crippen molar-refractivity contribution in [2.75, 3.05) is 5.33 Å². The van der Waals surface area contributed by atoms with Crippen LogP contribution in [0.25, 0.3) is 0 Å². The van der Waals surface area contributed by atoms with Crippen molar-refractivity contribution in [2.45, 2.75) is 45.4 Å². The van der Waals surface area contributed by atoms with Gasteiger partial charge in [0.15, 0.2) is 0 Å². The zero-order valence-electron chi connectivity index (χ0n) is 11.2. The van der Waals surface area contributed by atoms with Crippen molar-refractivity contribution in [1.82, 2.24) is 9.78 Å². The van der Waals surface area contributed by atoms with Crippen molar-refractivity contribution in [3.63, 3.8) is 0 Å². The van der Waals surface area contributed by atoms with Gasteiger partial charge in [0, 0.05) is 23.2 Å². The smallest absolute Gasteiger partial charge is 0.423 e. The van der Waals surface area contributed by atoms with E-state index in [-0.39, 0.29) is 0 Å². The van der Waals surface area contributed by atoms with Gasteiger partial charge in [0.25, 0.3) is 0 Å². The van der Waals surface area contributed by atoms with Crippen LogP contribution in [-0.4, -0.2) is 43.6 Å². The number of nitrogens with zero attached hydrogens (tertiary/aromatic N) is 2. The van der Waals surface area contributed by atoms with Gasteiger partial charge < -0.3 is 14.8 Å². The van der Waals surface area contributed by atoms with Gasteiger partial charge in [-0.2, -0.15) is 5.10 Å². The molecular formula is C11H20BBrN2O3. The summed E-state index contributed by atoms with van der Waals surface area (Å²) in [7, 11) is -1.10. The van der Waals surface area contributed by atoms with Crippen LogP contribution in [0.3, 0.4) is 0 Å². The van der Waals surface area contributed by atoms with Crippen molar-refractivity contribution in [2.24, 2.45) is 0 Å². The SMILES string of the molecule is CC(C)(O)C(C)(C)OB(O)c1cnn(CCBr)c1. The molecule has 0 amide bonds. The summed E-state index contributed by atoms with van der Waals surface area (Å²) in [6.45, 7) is 7.49. The second-order valence-corrected chi connectivity index (χ2v) is 6.06. The summed E-state index contributed by atoms with van der Waals surface area (Å²) in [5.41, 5.74) is -1.35. The Morgan fingerprint density at radius 2 is 2.06 bits per heavy atom. The summed E-state index contributed by atoms with van der Waals surface area (Å²) in [5, 5.41) is 24.9. The summed E-state index contributed by atoms with van der Waals surface area (Å²) >= 11 is 3.32. The van der Waals surface area contributed by atoms with Crippen LogP contribution >= 0.6 is 15.9 Å². The lowest BCUT2D eigenvalue weighted by Gasteiger charge is -2.38. The molecule has 0 saturated carbocycles. The fraction of sp³-hybridized carbons (Fsp3) is 0.727. The minimum atomic E-state index is -1.10. The third-order valence-corrected chi connectivity index (χ3v) is 3.49. The number of hydrogen-bond donors (Lipinski definition) is 2. The minimum Gasteiger partial charge on any atom is -0.423 e. The van der Waals surface area contributed by atoms with Gasteiger partial charge in [0.05, 0.1) is 17.7 Å². The van der Waals surface area contributed by atoms with Gasteiger partial charge >= 0.3 is 7.12 Å². The highest BCUT2D eigenvalue weighted by Gasteiger charge is 2.39. The predicted octanol–water partition coefficient (Wildman–Crippen LogP) is 0.532. The van der Waals surface area contributed by atoms with Crippen LogP contribution in [0.2, 0.25) is 0 Å². The summed E-state index contributed by atoms with van der Waals surface area (Å²) in [6.07, 6.45) is 3.29. The number of rotatable bonds is 6. The van der Waals surface area contributed by atoms with Gasteiger partial charge in [0.1, 0.15) is 0 Å². The van der Waals surface area contributed by atoms with Gasteiger partial charge in [-0.3, -0.25) is 4.68 Å². The molecule has 1 rings (SSSR count). The van der Waals surface area contributed by atoms with E-state index in [0.717, 1.165) is 11.9 Å². The van der Waals surface area contributed by atoms with Crippen molar-refractivity contribution >= 4 is 28.5 Å². The molecule has 0 atom stereocenters. The predicted molar refractivity (Wildman–Crippen MR) is 75.1 cm³/mol. The minimum absolute atomic E-state index is 0.577. The normalized spacial score (nSPS) is 12.8. The van der Waals surface area contributed by atoms with Crippen molar-refractivity contribution in [3.8, 4) is 0 Å². The Bertz CT molecular complexity index is 390. The van der Waals surface area contributed by atoms with Crippen molar-refractivity contribution in [1.29, 1.82) is 0 Å². The molecule has 0 aliphatic heterocycles. The maximum atomic E-state index is 10.0. The molecule has 0 saturated heterocycles. The third-order valence-electron chi connectivity index (χ3n) is 3.13. The van der Waals surface area contributed by atoms with E-state index in [9.17, 15) is 10.1 Å². The Morgan fingerprint density at radius 1 is 1.44 bits per heavy atom. The molecule has 0 spiro atoms. The number of aryl methyl sites for hydroxylation is 1. The zero-order valence-corrected chi connectivity index (χ0v) is 12.8. The third kappa shape index (κ3) is 3.81. The lowest BCUT2D eigenvalue weighted by Crippen LogP contribution is -2.53. The maximum absolute atomic E-state index is 10.0. The number of aromatic nitrogens is 2. The van der Waals surface area contributed by atoms with Crippen LogP contribution in [0.5, 0.6) is 0 Å². The molecule has 0 radical (unpaired) electrons. The first-order chi connectivity index (χ1) is 8.17. The topological polar surface area (TPSA) is 67.5 Å². The van der Waals surface area contributed by atoms with E-state index in [1.807, 2.05) is 0 Å². The van der Waals surface area contributed by atoms with E-state index >= 15 is 0 Å². The largest absolute Gasteiger partial charge is 0.494 e. The van der Waals surface area contributed by atoms with Gasteiger partial charge in [-0.25, -0.2) is 0 Å². The summed E-state index contributed by atoms with van der Waals surface area (Å²) < 4.78 is 7.24. The molecule has 1 heterocycles. The number of halogens is 1. The highest BCUT2D eigenvalue weighted by molar-refractivity contribution is 9.09. The molecule has 0 bridgehead atoms. The molecule has 5 nitrogen and oxygen atoms in total. The Hall–Kier alpha value is -0.365. The highest BCUT2D eigenvalue weighted by Crippen LogP contribution is 2.25. The van der Waals surface area contributed by atoms with E-state index in [1.54, 1.807) is 44.8 Å². The van der Waals surface area contributed by atoms with Crippen LogP contribution in [0.1, 0.15) is 27.7 Å². The summed E-state index contributed by atoms with van der Waals surface area (Å²) in [6, 6.07) is 0. The van der Waals surface area contributed by atoms with E-state index in [0.29, 0.717) is 5.46 Å². The summed E-state index contributed by atoms with van der Waals surface area (Å²) in [5.74, 6) is 0. The highest BCUT2D eigenvalue weighted by atomic mass is 79.9. The monoisotopic (exact) mass is 318 g/mol. The molecular weight excluding hydrogens is 299 g/mol. The Labute approximate surface area is 116 Å². The molecule has 1 aromatic heterocycles. The average molecular weight is 319 g/mol. The van der Waals surface area contributed by atoms with E-state index in [2.05, 4.69) is 21.0 Å². The summed E-state index contributed by atoms with van der Waals surface area (Å²) in [4.78, 5) is 0. The number of aliphatic hydroxyl groups is 1. The lowest BCUT2D eigenvalue weighted by atomic mass is 9.78. The van der Waals surface area contributed by atoms with Crippen molar-refractivity contribution < 1.29 is 14.8 Å². The van der Waals surface area contributed by atoms with Crippen LogP contribution in [0, 0.1) is 0 Å². The molecule has 0 aliphatic rings. The van der Waals surface area contributed by atoms with Crippen LogP contribution in [0.4, 0.5) is 0 Å². The van der Waals surface area contributed by atoms with Crippen LogP contribution in [-0.2, 0) is 11.2 Å². The molecule has 0 unspecified atom stereocenters. The Kier molecular flexibility index (Phi) is 5.00. The van der Waals surface area contributed by atoms with Crippen LogP contribution in [0.15, 0.2) is 12.4 Å². The second kappa shape index (κ2) is 5.73. The molecule has 1 aromatic rings.